The molecule has 29 heavy (non-hydrogen) atoms. The van der Waals surface area contributed by atoms with E-state index in [0.717, 1.165) is 39.8 Å². The first-order chi connectivity index (χ1) is 14.0. The lowest BCUT2D eigenvalue weighted by Gasteiger charge is -2.47. The Bertz CT molecular complexity index is 1110. The van der Waals surface area contributed by atoms with E-state index >= 15 is 0 Å². The summed E-state index contributed by atoms with van der Waals surface area (Å²) in [6, 6.07) is 11.8. The predicted molar refractivity (Wildman–Crippen MR) is 115 cm³/mol. The second kappa shape index (κ2) is 7.01. The number of carbonyl (C=O) groups is 1. The number of amides is 1. The number of morpholine rings is 1. The largest absolute Gasteiger partial charge is 0.371 e. The minimum Gasteiger partial charge on any atom is -0.371 e. The number of hydrogen-bond donors (Lipinski definition) is 1. The summed E-state index contributed by atoms with van der Waals surface area (Å²) in [5.41, 5.74) is 3.68. The minimum atomic E-state index is 0.0280. The lowest BCUT2D eigenvalue weighted by atomic mass is 9.96. The van der Waals surface area contributed by atoms with Gasteiger partial charge in [-0.05, 0) is 37.1 Å². The van der Waals surface area contributed by atoms with Crippen molar-refractivity contribution in [3.05, 3.63) is 64.3 Å². The van der Waals surface area contributed by atoms with Crippen LogP contribution in [-0.4, -0.2) is 41.1 Å². The molecule has 1 aromatic heterocycles. The molecule has 3 fully saturated rings. The lowest BCUT2D eigenvalue weighted by molar-refractivity contribution is -0.171. The number of ether oxygens (including phenoxy) is 1. The van der Waals surface area contributed by atoms with Crippen molar-refractivity contribution in [1.82, 2.24) is 9.88 Å². The Labute approximate surface area is 174 Å². The molecule has 2 aromatic carbocycles. The van der Waals surface area contributed by atoms with Crippen molar-refractivity contribution in [3.8, 4) is 0 Å². The number of nitrogens with zero attached hydrogens (tertiary/aromatic N) is 2. The van der Waals surface area contributed by atoms with Crippen LogP contribution >= 0.6 is 11.6 Å². The maximum Gasteiger partial charge on any atom is 0.256 e. The molecule has 3 aromatic rings. The lowest BCUT2D eigenvalue weighted by Crippen LogP contribution is -2.58. The Morgan fingerprint density at radius 2 is 1.93 bits per heavy atom. The van der Waals surface area contributed by atoms with Crippen LogP contribution in [0.4, 0.5) is 11.5 Å². The van der Waals surface area contributed by atoms with Gasteiger partial charge in [-0.2, -0.15) is 0 Å². The number of benzene rings is 2. The second-order valence-electron chi connectivity index (χ2n) is 7.93. The van der Waals surface area contributed by atoms with Crippen molar-refractivity contribution < 1.29 is 9.53 Å². The Balaban J connectivity index is 1.56. The van der Waals surface area contributed by atoms with Crippen LogP contribution < -0.4 is 5.32 Å². The van der Waals surface area contributed by atoms with Crippen molar-refractivity contribution >= 4 is 39.8 Å². The number of fused-ring (bicyclic) bond motifs is 3. The minimum absolute atomic E-state index is 0.0280. The summed E-state index contributed by atoms with van der Waals surface area (Å²) in [5.74, 6) is 0.746. The first-order valence-corrected chi connectivity index (χ1v) is 10.2. The summed E-state index contributed by atoms with van der Waals surface area (Å²) >= 11 is 6.17. The normalized spacial score (nSPS) is 20.4. The molecule has 2 atom stereocenters. The monoisotopic (exact) mass is 407 g/mol. The fourth-order valence-electron chi connectivity index (χ4n) is 4.30. The number of aromatic nitrogens is 1. The number of halogens is 1. The first-order valence-electron chi connectivity index (χ1n) is 9.86. The number of piperidine rings is 1. The van der Waals surface area contributed by atoms with E-state index in [2.05, 4.69) is 10.3 Å². The van der Waals surface area contributed by atoms with Gasteiger partial charge >= 0.3 is 0 Å². The second-order valence-corrected chi connectivity index (χ2v) is 8.36. The highest BCUT2D eigenvalue weighted by atomic mass is 35.5. The van der Waals surface area contributed by atoms with Crippen LogP contribution in [0.1, 0.15) is 27.9 Å². The molecular formula is C23H22ClN3O2. The van der Waals surface area contributed by atoms with Crippen molar-refractivity contribution in [2.24, 2.45) is 0 Å². The third-order valence-electron chi connectivity index (χ3n) is 5.85. The van der Waals surface area contributed by atoms with Crippen LogP contribution in [0.3, 0.4) is 0 Å². The maximum absolute atomic E-state index is 13.3. The first kappa shape index (κ1) is 18.4. The number of pyridine rings is 1. The standard InChI is InChI=1S/C23H22ClN3O2/c1-13-6-7-15(24)8-20(13)26-22-18-5-3-4-14(2)21(18)19(10-25-22)23(28)27-11-16-9-17(12-27)29-16/h3-8,10,16-17H,9,11-12H2,1-2H3,(H,25,26). The average molecular weight is 408 g/mol. The van der Waals surface area contributed by atoms with E-state index in [9.17, 15) is 4.79 Å². The van der Waals surface area contributed by atoms with Crippen LogP contribution in [-0.2, 0) is 4.74 Å². The molecule has 0 saturated carbocycles. The number of anilines is 2. The van der Waals surface area contributed by atoms with Crippen LogP contribution in [0.2, 0.25) is 5.02 Å². The van der Waals surface area contributed by atoms with E-state index in [1.807, 2.05) is 55.1 Å². The van der Waals surface area contributed by atoms with Gasteiger partial charge in [-0.1, -0.05) is 35.9 Å². The zero-order valence-electron chi connectivity index (χ0n) is 16.4. The Morgan fingerprint density at radius 3 is 2.69 bits per heavy atom. The van der Waals surface area contributed by atoms with Crippen LogP contribution in [0, 0.1) is 13.8 Å². The molecule has 3 saturated heterocycles. The van der Waals surface area contributed by atoms with Crippen molar-refractivity contribution in [3.63, 3.8) is 0 Å². The third-order valence-corrected chi connectivity index (χ3v) is 6.08. The Hall–Kier alpha value is -2.63. The van der Waals surface area contributed by atoms with E-state index in [4.69, 9.17) is 16.3 Å². The molecule has 2 bridgehead atoms. The molecule has 3 aliphatic heterocycles. The van der Waals surface area contributed by atoms with Crippen molar-refractivity contribution in [2.75, 3.05) is 18.4 Å². The fourth-order valence-corrected chi connectivity index (χ4v) is 4.47. The van der Waals surface area contributed by atoms with Gasteiger partial charge in [-0.25, -0.2) is 4.98 Å². The molecule has 0 radical (unpaired) electrons. The van der Waals surface area contributed by atoms with Gasteiger partial charge in [0.25, 0.3) is 5.91 Å². The van der Waals surface area contributed by atoms with E-state index in [-0.39, 0.29) is 18.1 Å². The van der Waals surface area contributed by atoms with Crippen LogP contribution in [0.15, 0.2) is 42.6 Å². The molecule has 0 aliphatic carbocycles. The molecule has 5 nitrogen and oxygen atoms in total. The number of rotatable bonds is 3. The zero-order chi connectivity index (χ0) is 20.1. The predicted octanol–water partition coefficient (Wildman–Crippen LogP) is 4.86. The molecule has 4 heterocycles. The molecule has 148 valence electrons. The summed E-state index contributed by atoms with van der Waals surface area (Å²) in [5, 5.41) is 5.93. The molecular weight excluding hydrogens is 386 g/mol. The van der Waals surface area contributed by atoms with Gasteiger partial charge in [0.1, 0.15) is 5.82 Å². The van der Waals surface area contributed by atoms with Crippen LogP contribution in [0.5, 0.6) is 0 Å². The maximum atomic E-state index is 13.3. The van der Waals surface area contributed by atoms with Gasteiger partial charge in [0.05, 0.1) is 17.8 Å². The molecule has 6 heteroatoms. The van der Waals surface area contributed by atoms with E-state index < -0.39 is 0 Å². The van der Waals surface area contributed by atoms with Gasteiger partial charge in [0, 0.05) is 47.2 Å². The van der Waals surface area contributed by atoms with Gasteiger partial charge in [-0.15, -0.1) is 0 Å². The van der Waals surface area contributed by atoms with Crippen molar-refractivity contribution in [1.29, 1.82) is 0 Å². The SMILES string of the molecule is Cc1ccc(Cl)cc1Nc1ncc(C(=O)N2CC3CC(C2)O3)c2c(C)cccc12. The molecule has 6 rings (SSSR count). The number of nitrogens with one attached hydrogen (secondary N) is 1. The van der Waals surface area contributed by atoms with Gasteiger partial charge in [-0.3, -0.25) is 4.79 Å². The highest BCUT2D eigenvalue weighted by Crippen LogP contribution is 2.34. The third kappa shape index (κ3) is 3.24. The summed E-state index contributed by atoms with van der Waals surface area (Å²) in [4.78, 5) is 19.8. The van der Waals surface area contributed by atoms with Crippen LogP contribution in [0.25, 0.3) is 10.8 Å². The number of hydrogen-bond acceptors (Lipinski definition) is 4. The summed E-state index contributed by atoms with van der Waals surface area (Å²) in [6.45, 7) is 5.37. The summed E-state index contributed by atoms with van der Waals surface area (Å²) in [7, 11) is 0. The molecule has 1 amide bonds. The van der Waals surface area contributed by atoms with Crippen molar-refractivity contribution in [2.45, 2.75) is 32.5 Å². The topological polar surface area (TPSA) is 54.5 Å². The number of aryl methyl sites for hydroxylation is 2. The highest BCUT2D eigenvalue weighted by molar-refractivity contribution is 6.30. The number of carbonyl (C=O) groups excluding carboxylic acids is 1. The quantitative estimate of drug-likeness (QED) is 0.673. The Kier molecular flexibility index (Phi) is 4.45. The molecule has 2 unspecified atom stereocenters. The van der Waals surface area contributed by atoms with E-state index in [1.54, 1.807) is 6.20 Å². The average Bonchev–Trinajstić information content (AvgIpc) is 2.70. The van der Waals surface area contributed by atoms with Gasteiger partial charge in [0.2, 0.25) is 0 Å². The molecule has 3 aliphatic rings. The zero-order valence-corrected chi connectivity index (χ0v) is 17.2. The van der Waals surface area contributed by atoms with E-state index in [0.29, 0.717) is 23.7 Å². The Morgan fingerprint density at radius 1 is 1.17 bits per heavy atom. The highest BCUT2D eigenvalue weighted by Gasteiger charge is 2.40. The molecule has 1 N–H and O–H groups in total. The summed E-state index contributed by atoms with van der Waals surface area (Å²) < 4.78 is 5.68. The van der Waals surface area contributed by atoms with E-state index in [1.165, 1.54) is 0 Å². The smallest absolute Gasteiger partial charge is 0.256 e. The summed E-state index contributed by atoms with van der Waals surface area (Å²) in [6.07, 6.45) is 3.12. The molecule has 0 spiro atoms. The fraction of sp³-hybridized carbons (Fsp3) is 0.304. The van der Waals surface area contributed by atoms with Gasteiger partial charge in [0.15, 0.2) is 0 Å². The van der Waals surface area contributed by atoms with Gasteiger partial charge < -0.3 is 15.0 Å².